The number of sulfonamides is 1. The highest BCUT2D eigenvalue weighted by atomic mass is 32.2. The number of nitrogens with zero attached hydrogens (tertiary/aromatic N) is 4. The number of rotatable bonds is 5. The van der Waals surface area contributed by atoms with E-state index >= 15 is 0 Å². The van der Waals surface area contributed by atoms with Gasteiger partial charge >= 0.3 is 0 Å². The summed E-state index contributed by atoms with van der Waals surface area (Å²) in [5.41, 5.74) is 6.80. The first-order valence-electron chi connectivity index (χ1n) is 12.4. The number of nitrogens with one attached hydrogen (secondary N) is 1. The van der Waals surface area contributed by atoms with Gasteiger partial charge in [0.15, 0.2) is 11.3 Å². The van der Waals surface area contributed by atoms with Gasteiger partial charge in [0, 0.05) is 30.2 Å². The topological polar surface area (TPSA) is 96.7 Å². The van der Waals surface area contributed by atoms with Crippen LogP contribution in [-0.4, -0.2) is 46.3 Å². The van der Waals surface area contributed by atoms with Crippen molar-refractivity contribution in [1.29, 1.82) is 0 Å². The number of anilines is 1. The summed E-state index contributed by atoms with van der Waals surface area (Å²) < 4.78 is 30.1. The second kappa shape index (κ2) is 9.39. The molecule has 1 saturated heterocycles. The first-order valence-corrected chi connectivity index (χ1v) is 13.9. The van der Waals surface area contributed by atoms with Crippen molar-refractivity contribution in [1.82, 2.24) is 18.9 Å². The second-order valence-corrected chi connectivity index (χ2v) is 11.8. The van der Waals surface area contributed by atoms with E-state index in [0.29, 0.717) is 41.1 Å². The summed E-state index contributed by atoms with van der Waals surface area (Å²) in [4.78, 5) is 18.6. The molecule has 0 atom stereocenters. The molecule has 192 valence electrons. The lowest BCUT2D eigenvalue weighted by atomic mass is 10.0. The monoisotopic (exact) mass is 517 g/mol. The van der Waals surface area contributed by atoms with Crippen molar-refractivity contribution in [3.63, 3.8) is 0 Å². The fraction of sp³-hybridized carbons (Fsp3) is 0.321. The molecule has 3 heterocycles. The summed E-state index contributed by atoms with van der Waals surface area (Å²) in [6.07, 6.45) is 1.72. The third kappa shape index (κ3) is 4.65. The zero-order chi connectivity index (χ0) is 26.5. The number of carbonyl (C=O) groups excluding carboxylic acids is 1. The molecule has 1 amide bonds. The van der Waals surface area contributed by atoms with Crippen molar-refractivity contribution < 1.29 is 13.2 Å². The number of amides is 1. The predicted octanol–water partition coefficient (Wildman–Crippen LogP) is 4.98. The van der Waals surface area contributed by atoms with E-state index in [9.17, 15) is 13.2 Å². The van der Waals surface area contributed by atoms with Gasteiger partial charge in [-0.1, -0.05) is 18.2 Å². The lowest BCUT2D eigenvalue weighted by molar-refractivity contribution is 0.102. The van der Waals surface area contributed by atoms with Gasteiger partial charge < -0.3 is 5.32 Å². The van der Waals surface area contributed by atoms with Gasteiger partial charge in [0.1, 0.15) is 0 Å². The van der Waals surface area contributed by atoms with Crippen molar-refractivity contribution in [2.24, 2.45) is 0 Å². The van der Waals surface area contributed by atoms with Gasteiger partial charge in [-0.2, -0.15) is 9.40 Å². The van der Waals surface area contributed by atoms with Crippen LogP contribution in [0.3, 0.4) is 0 Å². The average Bonchev–Trinajstić information content (AvgIpc) is 3.48. The molecule has 37 heavy (non-hydrogen) atoms. The van der Waals surface area contributed by atoms with Crippen LogP contribution in [0.5, 0.6) is 0 Å². The van der Waals surface area contributed by atoms with Crippen LogP contribution >= 0.6 is 0 Å². The number of benzene rings is 2. The van der Waals surface area contributed by atoms with Gasteiger partial charge in [0.05, 0.1) is 10.5 Å². The minimum atomic E-state index is -3.66. The van der Waals surface area contributed by atoms with Crippen molar-refractivity contribution in [3.05, 3.63) is 76.2 Å². The Bertz CT molecular complexity index is 1630. The van der Waals surface area contributed by atoms with Gasteiger partial charge in [-0.25, -0.2) is 17.9 Å². The smallest absolute Gasteiger partial charge is 0.276 e. The molecular formula is C28H31N5O3S. The lowest BCUT2D eigenvalue weighted by Crippen LogP contribution is -2.28. The second-order valence-electron chi connectivity index (χ2n) is 9.92. The van der Waals surface area contributed by atoms with Crippen LogP contribution in [0.15, 0.2) is 47.4 Å². The van der Waals surface area contributed by atoms with Crippen molar-refractivity contribution in [3.8, 4) is 11.1 Å². The van der Waals surface area contributed by atoms with Crippen LogP contribution in [0.1, 0.15) is 51.4 Å². The van der Waals surface area contributed by atoms with E-state index < -0.39 is 10.0 Å². The molecule has 0 bridgehead atoms. The highest BCUT2D eigenvalue weighted by Crippen LogP contribution is 2.33. The van der Waals surface area contributed by atoms with E-state index in [1.165, 1.54) is 4.31 Å². The molecule has 1 aliphatic heterocycles. The van der Waals surface area contributed by atoms with E-state index in [2.05, 4.69) is 10.4 Å². The quantitative estimate of drug-likeness (QED) is 0.403. The van der Waals surface area contributed by atoms with Crippen molar-refractivity contribution >= 4 is 27.3 Å². The number of aryl methyl sites for hydroxylation is 5. The number of fused-ring (bicyclic) bond motifs is 1. The van der Waals surface area contributed by atoms with E-state index in [1.54, 1.807) is 23.6 Å². The molecule has 0 aliphatic carbocycles. The third-order valence-corrected chi connectivity index (χ3v) is 8.79. The van der Waals surface area contributed by atoms with Crippen LogP contribution in [0.4, 0.5) is 5.69 Å². The molecule has 0 radical (unpaired) electrons. The summed E-state index contributed by atoms with van der Waals surface area (Å²) >= 11 is 0. The van der Waals surface area contributed by atoms with Crippen LogP contribution < -0.4 is 5.32 Å². The zero-order valence-corrected chi connectivity index (χ0v) is 22.6. The number of carbonyl (C=O) groups is 1. The van der Waals surface area contributed by atoms with Crippen molar-refractivity contribution in [2.45, 2.75) is 52.4 Å². The minimum absolute atomic E-state index is 0.189. The summed E-state index contributed by atoms with van der Waals surface area (Å²) in [5.74, 6) is -0.382. The molecule has 1 aliphatic rings. The fourth-order valence-corrected chi connectivity index (χ4v) is 6.85. The Morgan fingerprint density at radius 3 is 2.27 bits per heavy atom. The molecule has 2 aromatic carbocycles. The molecule has 0 unspecified atom stereocenters. The Labute approximate surface area is 217 Å². The van der Waals surface area contributed by atoms with Gasteiger partial charge in [-0.3, -0.25) is 4.79 Å². The Kier molecular flexibility index (Phi) is 6.37. The van der Waals surface area contributed by atoms with E-state index in [1.807, 2.05) is 58.0 Å². The van der Waals surface area contributed by atoms with E-state index in [4.69, 9.17) is 4.98 Å². The first kappa shape index (κ1) is 25.1. The molecule has 4 aromatic rings. The molecule has 0 saturated carbocycles. The molecule has 0 spiro atoms. The Hall–Kier alpha value is -3.56. The first-order chi connectivity index (χ1) is 17.5. The van der Waals surface area contributed by atoms with Crippen LogP contribution in [-0.2, 0) is 10.0 Å². The summed E-state index contributed by atoms with van der Waals surface area (Å²) in [5, 5.41) is 7.62. The molecular weight excluding hydrogens is 486 g/mol. The molecule has 5 rings (SSSR count). The Morgan fingerprint density at radius 2 is 1.59 bits per heavy atom. The third-order valence-electron chi connectivity index (χ3n) is 6.75. The molecule has 1 N–H and O–H groups in total. The highest BCUT2D eigenvalue weighted by Gasteiger charge is 2.30. The Balaban J connectivity index is 1.69. The maximum atomic E-state index is 13.6. The van der Waals surface area contributed by atoms with Gasteiger partial charge in [-0.05, 0) is 94.0 Å². The summed E-state index contributed by atoms with van der Waals surface area (Å²) in [7, 11) is -3.66. The van der Waals surface area contributed by atoms with E-state index in [0.717, 1.165) is 35.4 Å². The number of hydrogen-bond acceptors (Lipinski definition) is 5. The summed E-state index contributed by atoms with van der Waals surface area (Å²) in [6.45, 7) is 10.6. The van der Waals surface area contributed by atoms with Crippen molar-refractivity contribution in [2.75, 3.05) is 18.4 Å². The highest BCUT2D eigenvalue weighted by molar-refractivity contribution is 7.89. The van der Waals surface area contributed by atoms with Crippen LogP contribution in [0.25, 0.3) is 16.8 Å². The standard InChI is InChI=1S/C28H31N5O3S/c1-17-12-18(2)14-23(13-17)30-28(34)26-25(27-29-20(4)15-21(5)33(27)31-26)22-9-8-19(3)24(16-22)37(35,36)32-10-6-7-11-32/h8-9,12-16H,6-7,10-11H2,1-5H3,(H,30,34). The van der Waals surface area contributed by atoms with Crippen LogP contribution in [0.2, 0.25) is 0 Å². The lowest BCUT2D eigenvalue weighted by Gasteiger charge is -2.18. The average molecular weight is 518 g/mol. The SMILES string of the molecule is Cc1cc(C)cc(NC(=O)c2nn3c(C)cc(C)nc3c2-c2ccc(C)c(S(=O)(=O)N3CCCC3)c2)c1. The van der Waals surface area contributed by atoms with Gasteiger partial charge in [0.2, 0.25) is 10.0 Å². The van der Waals surface area contributed by atoms with E-state index in [-0.39, 0.29) is 16.5 Å². The Morgan fingerprint density at radius 1 is 0.919 bits per heavy atom. The number of aromatic nitrogens is 3. The molecule has 8 nitrogen and oxygen atoms in total. The maximum Gasteiger partial charge on any atom is 0.276 e. The van der Waals surface area contributed by atoms with Gasteiger partial charge in [0.25, 0.3) is 5.91 Å². The zero-order valence-electron chi connectivity index (χ0n) is 21.8. The maximum absolute atomic E-state index is 13.6. The molecule has 2 aromatic heterocycles. The summed E-state index contributed by atoms with van der Waals surface area (Å²) in [6, 6.07) is 13.0. The molecule has 1 fully saturated rings. The molecule has 9 heteroatoms. The van der Waals surface area contributed by atoms with Crippen LogP contribution in [0, 0.1) is 34.6 Å². The largest absolute Gasteiger partial charge is 0.321 e. The normalized spacial score (nSPS) is 14.4. The number of hydrogen-bond donors (Lipinski definition) is 1. The predicted molar refractivity (Wildman–Crippen MR) is 144 cm³/mol. The fourth-order valence-electron chi connectivity index (χ4n) is 5.08. The van der Waals surface area contributed by atoms with Gasteiger partial charge in [-0.15, -0.1) is 0 Å². The minimum Gasteiger partial charge on any atom is -0.321 e.